The van der Waals surface area contributed by atoms with E-state index in [1.165, 1.54) is 6.07 Å². The zero-order valence-electron chi connectivity index (χ0n) is 8.32. The molecule has 0 fully saturated rings. The first-order valence-corrected chi connectivity index (χ1v) is 5.62. The third-order valence-corrected chi connectivity index (χ3v) is 3.04. The lowest BCUT2D eigenvalue weighted by Crippen LogP contribution is -2.07. The van der Waals surface area contributed by atoms with Gasteiger partial charge in [0.05, 0.1) is 4.47 Å². The Morgan fingerprint density at radius 1 is 1.36 bits per heavy atom. The lowest BCUT2D eigenvalue weighted by atomic mass is 10.1. The van der Waals surface area contributed by atoms with Crippen molar-refractivity contribution in [3.8, 4) is 0 Å². The van der Waals surface area contributed by atoms with Crippen LogP contribution in [0.15, 0.2) is 22.7 Å². The molecule has 0 spiro atoms. The van der Waals surface area contributed by atoms with E-state index < -0.39 is 0 Å². The van der Waals surface area contributed by atoms with E-state index in [0.717, 1.165) is 31.4 Å². The summed E-state index contributed by atoms with van der Waals surface area (Å²) in [4.78, 5) is 0. The molecule has 78 valence electrons. The summed E-state index contributed by atoms with van der Waals surface area (Å²) in [6.45, 7) is 1.02. The molecule has 0 saturated carbocycles. The fourth-order valence-corrected chi connectivity index (χ4v) is 1.82. The maximum absolute atomic E-state index is 13.1. The Balaban J connectivity index is 2.46. The largest absolute Gasteiger partial charge is 0.320 e. The van der Waals surface area contributed by atoms with E-state index in [0.29, 0.717) is 4.47 Å². The van der Waals surface area contributed by atoms with Gasteiger partial charge in [0, 0.05) is 0 Å². The molecule has 0 unspecified atom stereocenters. The van der Waals surface area contributed by atoms with E-state index in [1.807, 2.05) is 13.1 Å². The summed E-state index contributed by atoms with van der Waals surface area (Å²) in [6, 6.07) is 5.20. The van der Waals surface area contributed by atoms with Gasteiger partial charge in [-0.2, -0.15) is 0 Å². The van der Waals surface area contributed by atoms with Crippen molar-refractivity contribution >= 4 is 15.9 Å². The Morgan fingerprint density at radius 3 is 2.86 bits per heavy atom. The molecule has 0 amide bonds. The van der Waals surface area contributed by atoms with Gasteiger partial charge in [-0.1, -0.05) is 12.1 Å². The molecule has 3 heteroatoms. The van der Waals surface area contributed by atoms with Crippen LogP contribution in [0.4, 0.5) is 4.39 Å². The van der Waals surface area contributed by atoms with Crippen molar-refractivity contribution in [2.45, 2.75) is 19.3 Å². The zero-order valence-corrected chi connectivity index (χ0v) is 9.90. The van der Waals surface area contributed by atoms with Crippen molar-refractivity contribution in [3.05, 3.63) is 34.1 Å². The van der Waals surface area contributed by atoms with Gasteiger partial charge in [0.1, 0.15) is 5.82 Å². The van der Waals surface area contributed by atoms with Crippen LogP contribution in [0.2, 0.25) is 0 Å². The van der Waals surface area contributed by atoms with Crippen LogP contribution < -0.4 is 5.32 Å². The molecule has 0 aliphatic heterocycles. The summed E-state index contributed by atoms with van der Waals surface area (Å²) in [5.41, 5.74) is 1.06. The van der Waals surface area contributed by atoms with Crippen molar-refractivity contribution in [2.24, 2.45) is 0 Å². The quantitative estimate of drug-likeness (QED) is 0.802. The summed E-state index contributed by atoms with van der Waals surface area (Å²) in [6.07, 6.45) is 3.14. The molecule has 0 aliphatic rings. The van der Waals surface area contributed by atoms with Gasteiger partial charge in [-0.25, -0.2) is 4.39 Å². The molecule has 0 radical (unpaired) electrons. The number of hydrogen-bond donors (Lipinski definition) is 1. The lowest BCUT2D eigenvalue weighted by Gasteiger charge is -2.04. The van der Waals surface area contributed by atoms with E-state index in [-0.39, 0.29) is 5.82 Å². The number of hydrogen-bond acceptors (Lipinski definition) is 1. The van der Waals surface area contributed by atoms with Crippen LogP contribution in [0, 0.1) is 5.82 Å². The first kappa shape index (κ1) is 11.7. The van der Waals surface area contributed by atoms with Crippen LogP contribution in [0.1, 0.15) is 18.4 Å². The Hall–Kier alpha value is -0.410. The highest BCUT2D eigenvalue weighted by atomic mass is 79.9. The van der Waals surface area contributed by atoms with Crippen molar-refractivity contribution < 1.29 is 4.39 Å². The van der Waals surface area contributed by atoms with Gasteiger partial charge in [-0.15, -0.1) is 0 Å². The molecule has 1 aromatic carbocycles. The summed E-state index contributed by atoms with van der Waals surface area (Å²) >= 11 is 3.26. The smallest absolute Gasteiger partial charge is 0.137 e. The number of halogens is 2. The van der Waals surface area contributed by atoms with Gasteiger partial charge < -0.3 is 5.32 Å². The Bertz CT molecular complexity index is 289. The number of rotatable bonds is 5. The molecule has 1 aromatic rings. The van der Waals surface area contributed by atoms with Crippen LogP contribution in [-0.2, 0) is 6.42 Å². The number of aryl methyl sites for hydroxylation is 1. The predicted molar refractivity (Wildman–Crippen MR) is 61.0 cm³/mol. The molecule has 1 N–H and O–H groups in total. The third kappa shape index (κ3) is 3.39. The topological polar surface area (TPSA) is 12.0 Å². The van der Waals surface area contributed by atoms with Gasteiger partial charge in [0.2, 0.25) is 0 Å². The number of benzene rings is 1. The fraction of sp³-hybridized carbons (Fsp3) is 0.455. The van der Waals surface area contributed by atoms with Crippen LogP contribution in [0.3, 0.4) is 0 Å². The highest BCUT2D eigenvalue weighted by molar-refractivity contribution is 9.10. The van der Waals surface area contributed by atoms with Crippen LogP contribution in [0.25, 0.3) is 0 Å². The molecule has 0 aromatic heterocycles. The summed E-state index contributed by atoms with van der Waals surface area (Å²) in [7, 11) is 1.94. The molecule has 0 aliphatic carbocycles. The average Bonchev–Trinajstić information content (AvgIpc) is 2.19. The monoisotopic (exact) mass is 259 g/mol. The normalized spacial score (nSPS) is 10.5. The molecule has 0 atom stereocenters. The predicted octanol–water partition coefficient (Wildman–Crippen LogP) is 3.13. The van der Waals surface area contributed by atoms with Gasteiger partial charge in [-0.05, 0) is 60.4 Å². The molecule has 0 saturated heterocycles. The molecular weight excluding hydrogens is 245 g/mol. The highest BCUT2D eigenvalue weighted by Gasteiger charge is 2.03. The van der Waals surface area contributed by atoms with Gasteiger partial charge >= 0.3 is 0 Å². The van der Waals surface area contributed by atoms with Crippen LogP contribution >= 0.6 is 15.9 Å². The lowest BCUT2D eigenvalue weighted by molar-refractivity contribution is 0.614. The molecule has 14 heavy (non-hydrogen) atoms. The maximum atomic E-state index is 13.1. The van der Waals surface area contributed by atoms with Gasteiger partial charge in [0.25, 0.3) is 0 Å². The molecule has 1 nitrogen and oxygen atoms in total. The summed E-state index contributed by atoms with van der Waals surface area (Å²) in [5, 5.41) is 3.09. The molecule has 1 rings (SSSR count). The second kappa shape index (κ2) is 6.14. The maximum Gasteiger partial charge on any atom is 0.137 e. The van der Waals surface area contributed by atoms with E-state index in [9.17, 15) is 4.39 Å². The van der Waals surface area contributed by atoms with Gasteiger partial charge in [0.15, 0.2) is 0 Å². The molecule has 0 heterocycles. The minimum atomic E-state index is -0.170. The first-order chi connectivity index (χ1) is 6.75. The average molecular weight is 260 g/mol. The van der Waals surface area contributed by atoms with E-state index in [1.54, 1.807) is 6.07 Å². The standard InChI is InChI=1S/C11H15BrFN/c1-14-8-3-2-5-9-6-4-7-10(13)11(9)12/h4,6-7,14H,2-3,5,8H2,1H3. The van der Waals surface area contributed by atoms with Crippen molar-refractivity contribution in [2.75, 3.05) is 13.6 Å². The van der Waals surface area contributed by atoms with E-state index in [4.69, 9.17) is 0 Å². The molecule has 0 bridgehead atoms. The summed E-state index contributed by atoms with van der Waals surface area (Å²) in [5.74, 6) is -0.170. The van der Waals surface area contributed by atoms with Gasteiger partial charge in [-0.3, -0.25) is 0 Å². The summed E-state index contributed by atoms with van der Waals surface area (Å²) < 4.78 is 13.7. The minimum absolute atomic E-state index is 0.170. The Labute approximate surface area is 92.8 Å². The van der Waals surface area contributed by atoms with Crippen LogP contribution in [0.5, 0.6) is 0 Å². The van der Waals surface area contributed by atoms with E-state index in [2.05, 4.69) is 21.2 Å². The fourth-order valence-electron chi connectivity index (χ4n) is 1.36. The van der Waals surface area contributed by atoms with Crippen molar-refractivity contribution in [1.82, 2.24) is 5.32 Å². The minimum Gasteiger partial charge on any atom is -0.320 e. The van der Waals surface area contributed by atoms with E-state index >= 15 is 0 Å². The van der Waals surface area contributed by atoms with Crippen molar-refractivity contribution in [3.63, 3.8) is 0 Å². The highest BCUT2D eigenvalue weighted by Crippen LogP contribution is 2.21. The molecular formula is C11H15BrFN. The second-order valence-corrected chi connectivity index (χ2v) is 4.07. The SMILES string of the molecule is CNCCCCc1cccc(F)c1Br. The van der Waals surface area contributed by atoms with Crippen LogP contribution in [-0.4, -0.2) is 13.6 Å². The first-order valence-electron chi connectivity index (χ1n) is 4.83. The Morgan fingerprint density at radius 2 is 2.14 bits per heavy atom. The second-order valence-electron chi connectivity index (χ2n) is 3.27. The Kier molecular flexibility index (Phi) is 5.12. The number of nitrogens with one attached hydrogen (secondary N) is 1. The number of unbranched alkanes of at least 4 members (excludes halogenated alkanes) is 1. The zero-order chi connectivity index (χ0) is 10.4. The van der Waals surface area contributed by atoms with Crippen molar-refractivity contribution in [1.29, 1.82) is 0 Å². The third-order valence-electron chi connectivity index (χ3n) is 2.15.